The Morgan fingerprint density at radius 2 is 1.32 bits per heavy atom. The number of halogens is 2. The summed E-state index contributed by atoms with van der Waals surface area (Å²) >= 11 is 11.9. The Labute approximate surface area is 175 Å². The lowest BCUT2D eigenvalue weighted by atomic mass is 10.2. The minimum absolute atomic E-state index is 0.179. The van der Waals surface area contributed by atoms with Crippen LogP contribution in [0.1, 0.15) is 12.5 Å². The predicted molar refractivity (Wildman–Crippen MR) is 117 cm³/mol. The molecule has 0 atom stereocenters. The quantitative estimate of drug-likeness (QED) is 0.361. The average molecular weight is 433 g/mol. The molecule has 0 aromatic heterocycles. The van der Waals surface area contributed by atoms with Gasteiger partial charge >= 0.3 is 0 Å². The second-order valence-corrected chi connectivity index (χ2v) is 8.85. The van der Waals surface area contributed by atoms with E-state index in [1.807, 2.05) is 6.92 Å². The van der Waals surface area contributed by atoms with Crippen LogP contribution in [0, 0.1) is 6.92 Å². The molecule has 4 nitrogen and oxygen atoms in total. The van der Waals surface area contributed by atoms with Crippen LogP contribution in [0.15, 0.2) is 82.7 Å². The van der Waals surface area contributed by atoms with Crippen molar-refractivity contribution in [2.45, 2.75) is 18.7 Å². The van der Waals surface area contributed by atoms with E-state index in [1.165, 1.54) is 4.31 Å². The smallest absolute Gasteiger partial charge is 0.235 e. The standard InChI is InChI=1S/C21H18Cl2N2O2S/c1-15-3-13-21(14-4-15)28(26,27)25(20-11-7-18(23)8-12-20)16(2)24-19-9-5-17(22)6-10-19/h3-14H,1-2H3. The normalized spacial score (nSPS) is 12.1. The molecule has 0 saturated heterocycles. The molecule has 0 radical (unpaired) electrons. The molecule has 0 aliphatic rings. The zero-order valence-electron chi connectivity index (χ0n) is 15.3. The summed E-state index contributed by atoms with van der Waals surface area (Å²) in [5.41, 5.74) is 2.02. The van der Waals surface area contributed by atoms with E-state index >= 15 is 0 Å². The number of aryl methyl sites for hydroxylation is 1. The van der Waals surface area contributed by atoms with E-state index < -0.39 is 10.0 Å². The van der Waals surface area contributed by atoms with Crippen LogP contribution < -0.4 is 4.31 Å². The molecule has 0 unspecified atom stereocenters. The minimum Gasteiger partial charge on any atom is -0.235 e. The van der Waals surface area contributed by atoms with E-state index in [1.54, 1.807) is 79.7 Å². The van der Waals surface area contributed by atoms with E-state index in [0.29, 0.717) is 27.3 Å². The van der Waals surface area contributed by atoms with E-state index in [9.17, 15) is 8.42 Å². The minimum atomic E-state index is -3.88. The fourth-order valence-electron chi connectivity index (χ4n) is 2.64. The summed E-state index contributed by atoms with van der Waals surface area (Å²) in [6.07, 6.45) is 0. The highest BCUT2D eigenvalue weighted by molar-refractivity contribution is 7.93. The van der Waals surface area contributed by atoms with Crippen LogP contribution >= 0.6 is 23.2 Å². The van der Waals surface area contributed by atoms with Gasteiger partial charge in [0, 0.05) is 10.0 Å². The first-order valence-corrected chi connectivity index (χ1v) is 10.7. The van der Waals surface area contributed by atoms with Crippen molar-refractivity contribution < 1.29 is 8.42 Å². The number of anilines is 1. The van der Waals surface area contributed by atoms with Crippen molar-refractivity contribution in [3.8, 4) is 0 Å². The van der Waals surface area contributed by atoms with Gasteiger partial charge in [0.25, 0.3) is 10.0 Å². The summed E-state index contributed by atoms with van der Waals surface area (Å²) in [6, 6.07) is 20.1. The molecule has 0 bridgehead atoms. The maximum atomic E-state index is 13.4. The highest BCUT2D eigenvalue weighted by Crippen LogP contribution is 2.27. The molecule has 28 heavy (non-hydrogen) atoms. The summed E-state index contributed by atoms with van der Waals surface area (Å²) in [6.45, 7) is 3.55. The van der Waals surface area contributed by atoms with Crippen molar-refractivity contribution >= 4 is 50.4 Å². The van der Waals surface area contributed by atoms with Crippen LogP contribution in [0.3, 0.4) is 0 Å². The van der Waals surface area contributed by atoms with E-state index in [-0.39, 0.29) is 4.90 Å². The maximum absolute atomic E-state index is 13.4. The van der Waals surface area contributed by atoms with Gasteiger partial charge in [-0.3, -0.25) is 0 Å². The van der Waals surface area contributed by atoms with E-state index in [0.717, 1.165) is 5.56 Å². The Morgan fingerprint density at radius 1 is 0.821 bits per heavy atom. The number of amidine groups is 1. The zero-order chi connectivity index (χ0) is 20.3. The summed E-state index contributed by atoms with van der Waals surface area (Å²) < 4.78 is 28.0. The Kier molecular flexibility index (Phi) is 6.08. The van der Waals surface area contributed by atoms with Crippen molar-refractivity contribution in [1.82, 2.24) is 0 Å². The molecule has 0 fully saturated rings. The third-order valence-corrected chi connectivity index (χ3v) is 6.36. The van der Waals surface area contributed by atoms with Gasteiger partial charge in [0.15, 0.2) is 0 Å². The van der Waals surface area contributed by atoms with Crippen molar-refractivity contribution in [3.05, 3.63) is 88.4 Å². The van der Waals surface area contributed by atoms with Crippen molar-refractivity contribution in [2.24, 2.45) is 4.99 Å². The molecule has 0 spiro atoms. The Bertz CT molecular complexity index is 1090. The molecule has 0 aliphatic heterocycles. The van der Waals surface area contributed by atoms with Gasteiger partial charge in [0.2, 0.25) is 0 Å². The average Bonchev–Trinajstić information content (AvgIpc) is 2.65. The molecular formula is C21H18Cl2N2O2S. The lowest BCUT2D eigenvalue weighted by Crippen LogP contribution is -2.35. The highest BCUT2D eigenvalue weighted by atomic mass is 35.5. The van der Waals surface area contributed by atoms with Gasteiger partial charge in [0.1, 0.15) is 5.84 Å². The van der Waals surface area contributed by atoms with Crippen LogP contribution in [0.25, 0.3) is 0 Å². The number of benzene rings is 3. The molecule has 0 amide bonds. The molecule has 144 valence electrons. The molecule has 0 N–H and O–H groups in total. The predicted octanol–water partition coefficient (Wildman–Crippen LogP) is 6.25. The number of nitrogens with zero attached hydrogens (tertiary/aromatic N) is 2. The number of hydrogen-bond acceptors (Lipinski definition) is 3. The first-order valence-electron chi connectivity index (χ1n) is 8.46. The fourth-order valence-corrected chi connectivity index (χ4v) is 4.37. The zero-order valence-corrected chi connectivity index (χ0v) is 17.6. The summed E-state index contributed by atoms with van der Waals surface area (Å²) in [5.74, 6) is 0.296. The van der Waals surface area contributed by atoms with Crippen LogP contribution in [-0.2, 0) is 10.0 Å². The maximum Gasteiger partial charge on any atom is 0.269 e. The van der Waals surface area contributed by atoms with Gasteiger partial charge in [-0.1, -0.05) is 40.9 Å². The molecule has 3 aromatic rings. The Balaban J connectivity index is 2.13. The molecule has 3 rings (SSSR count). The molecule has 7 heteroatoms. The number of rotatable bonds is 4. The van der Waals surface area contributed by atoms with Crippen LogP contribution in [-0.4, -0.2) is 14.3 Å². The van der Waals surface area contributed by atoms with Gasteiger partial charge in [-0.15, -0.1) is 0 Å². The topological polar surface area (TPSA) is 49.7 Å². The second kappa shape index (κ2) is 8.35. The van der Waals surface area contributed by atoms with Crippen molar-refractivity contribution in [2.75, 3.05) is 4.31 Å². The SMILES string of the molecule is CC(=Nc1ccc(Cl)cc1)N(c1ccc(Cl)cc1)S(=O)(=O)c1ccc(C)cc1. The summed E-state index contributed by atoms with van der Waals surface area (Å²) in [5, 5.41) is 1.10. The molecule has 0 aliphatic carbocycles. The molecular weight excluding hydrogens is 415 g/mol. The van der Waals surface area contributed by atoms with E-state index in [4.69, 9.17) is 23.2 Å². The molecule has 3 aromatic carbocycles. The third kappa shape index (κ3) is 4.55. The Morgan fingerprint density at radius 3 is 1.86 bits per heavy atom. The monoisotopic (exact) mass is 432 g/mol. The number of sulfonamides is 1. The highest BCUT2D eigenvalue weighted by Gasteiger charge is 2.27. The van der Waals surface area contributed by atoms with Crippen LogP contribution in [0.2, 0.25) is 10.0 Å². The fraction of sp³-hybridized carbons (Fsp3) is 0.0952. The molecule has 0 heterocycles. The lowest BCUT2D eigenvalue weighted by molar-refractivity contribution is 0.597. The second-order valence-electron chi connectivity index (χ2n) is 6.19. The third-order valence-electron chi connectivity index (χ3n) is 4.03. The van der Waals surface area contributed by atoms with Crippen LogP contribution in [0.5, 0.6) is 0 Å². The summed E-state index contributed by atoms with van der Waals surface area (Å²) in [4.78, 5) is 4.66. The van der Waals surface area contributed by atoms with Crippen molar-refractivity contribution in [1.29, 1.82) is 0 Å². The number of aliphatic imine (C=N–C) groups is 1. The van der Waals surface area contributed by atoms with Gasteiger partial charge in [0.05, 0.1) is 16.3 Å². The van der Waals surface area contributed by atoms with Gasteiger partial charge in [-0.25, -0.2) is 17.7 Å². The first-order chi connectivity index (χ1) is 13.3. The lowest BCUT2D eigenvalue weighted by Gasteiger charge is -2.24. The van der Waals surface area contributed by atoms with E-state index in [2.05, 4.69) is 4.99 Å². The summed E-state index contributed by atoms with van der Waals surface area (Å²) in [7, 11) is -3.88. The van der Waals surface area contributed by atoms with Gasteiger partial charge in [-0.05, 0) is 74.5 Å². The Hall–Kier alpha value is -2.34. The largest absolute Gasteiger partial charge is 0.269 e. The van der Waals surface area contributed by atoms with Crippen molar-refractivity contribution in [3.63, 3.8) is 0 Å². The van der Waals surface area contributed by atoms with Crippen LogP contribution in [0.4, 0.5) is 11.4 Å². The first kappa shape index (κ1) is 20.4. The number of hydrogen-bond donors (Lipinski definition) is 0. The molecule has 0 saturated carbocycles. The van der Waals surface area contributed by atoms with Gasteiger partial charge < -0.3 is 0 Å². The van der Waals surface area contributed by atoms with Gasteiger partial charge in [-0.2, -0.15) is 0 Å².